The molecule has 0 N–H and O–H groups in total. The molecule has 19 heavy (non-hydrogen) atoms. The summed E-state index contributed by atoms with van der Waals surface area (Å²) in [5, 5.41) is 4.31. The highest BCUT2D eigenvalue weighted by molar-refractivity contribution is 7.97. The van der Waals surface area contributed by atoms with Gasteiger partial charge in [0.2, 0.25) is 0 Å². The molecule has 1 aromatic rings. The quantitative estimate of drug-likeness (QED) is 0.744. The van der Waals surface area contributed by atoms with E-state index in [2.05, 4.69) is 5.10 Å². The molecule has 1 aliphatic rings. The van der Waals surface area contributed by atoms with Gasteiger partial charge in [0.25, 0.3) is 10.0 Å². The molecule has 9 heteroatoms. The minimum absolute atomic E-state index is 0.134. The Hall–Kier alpha value is -0.0600. The van der Waals surface area contributed by atoms with Crippen molar-refractivity contribution in [3.63, 3.8) is 0 Å². The molecule has 6 nitrogen and oxygen atoms in total. The van der Waals surface area contributed by atoms with Crippen LogP contribution in [0.1, 0.15) is 12.8 Å². The van der Waals surface area contributed by atoms with Crippen LogP contribution in [0.3, 0.4) is 0 Å². The maximum absolute atomic E-state index is 12.3. The van der Waals surface area contributed by atoms with E-state index in [9.17, 15) is 8.42 Å². The Kier molecular flexibility index (Phi) is 5.32. The van der Waals surface area contributed by atoms with Gasteiger partial charge in [-0.3, -0.25) is 4.68 Å². The van der Waals surface area contributed by atoms with E-state index in [1.165, 1.54) is 3.85 Å². The summed E-state index contributed by atoms with van der Waals surface area (Å²) < 4.78 is 33.2. The van der Waals surface area contributed by atoms with Crippen molar-refractivity contribution in [1.82, 2.24) is 13.6 Å². The Bertz CT molecular complexity index is 510. The molecule has 2 rings (SSSR count). The summed E-state index contributed by atoms with van der Waals surface area (Å²) in [5.74, 6) is 0. The van der Waals surface area contributed by atoms with Gasteiger partial charge in [-0.05, 0) is 49.7 Å². The summed E-state index contributed by atoms with van der Waals surface area (Å²) in [7, 11) is -2.98. The third-order valence-electron chi connectivity index (χ3n) is 2.94. The summed E-state index contributed by atoms with van der Waals surface area (Å²) in [4.78, 5) is 0. The third-order valence-corrected chi connectivity index (χ3v) is 8.86. The van der Waals surface area contributed by atoms with E-state index in [0.29, 0.717) is 6.54 Å². The molecule has 0 spiro atoms. The second kappa shape index (κ2) is 6.59. The van der Waals surface area contributed by atoms with E-state index in [1.807, 2.05) is 13.3 Å². The van der Waals surface area contributed by atoms with Gasteiger partial charge >= 0.3 is 0 Å². The second-order valence-electron chi connectivity index (χ2n) is 4.23. The molecule has 1 aliphatic heterocycles. The van der Waals surface area contributed by atoms with Crippen LogP contribution in [0.15, 0.2) is 17.3 Å². The number of hydrogen-bond donors (Lipinski definition) is 0. The van der Waals surface area contributed by atoms with Gasteiger partial charge in [-0.1, -0.05) is 0 Å². The van der Waals surface area contributed by atoms with E-state index in [1.54, 1.807) is 16.9 Å². The first-order valence-electron chi connectivity index (χ1n) is 6.13. The lowest BCUT2D eigenvalue weighted by molar-refractivity contribution is 0.0937. The molecule has 0 aromatic carbocycles. The van der Waals surface area contributed by atoms with Crippen molar-refractivity contribution >= 4 is 27.5 Å². The van der Waals surface area contributed by atoms with Gasteiger partial charge in [-0.25, -0.2) is 8.42 Å². The summed E-state index contributed by atoms with van der Waals surface area (Å²) in [5.41, 5.74) is 0. The molecule has 0 saturated carbocycles. The largest absolute Gasteiger partial charge is 0.376 e. The van der Waals surface area contributed by atoms with E-state index < -0.39 is 10.0 Å². The minimum Gasteiger partial charge on any atom is -0.376 e. The number of hydrogen-bond acceptors (Lipinski definition) is 4. The third kappa shape index (κ3) is 3.53. The normalized spacial score (nSPS) is 21.5. The fraction of sp³-hybridized carbons (Fsp3) is 0.700. The number of nitrogens with zero attached hydrogens (tertiary/aromatic N) is 3. The standard InChI is InChI=1S/C10H19N3O3P2S/c1-17-13(18-2)19(14,15)10-5-6-12(11-10)8-9-4-3-7-16-9/h5-6,9,17-18H,3-4,7-8H2,1-2H3. The highest BCUT2D eigenvalue weighted by Gasteiger charge is 2.25. The van der Waals surface area contributed by atoms with Crippen LogP contribution in [0, 0.1) is 0 Å². The highest BCUT2D eigenvalue weighted by Crippen LogP contribution is 2.34. The van der Waals surface area contributed by atoms with Crippen molar-refractivity contribution in [3.05, 3.63) is 12.3 Å². The molecular formula is C10H19N3O3P2S. The van der Waals surface area contributed by atoms with Crippen molar-refractivity contribution in [2.45, 2.75) is 30.5 Å². The lowest BCUT2D eigenvalue weighted by Crippen LogP contribution is -2.18. The van der Waals surface area contributed by atoms with Crippen LogP contribution in [-0.4, -0.2) is 48.1 Å². The van der Waals surface area contributed by atoms with Gasteiger partial charge in [-0.15, -0.1) is 0 Å². The van der Waals surface area contributed by atoms with Crippen molar-refractivity contribution in [3.8, 4) is 0 Å². The Morgan fingerprint density at radius 2 is 2.26 bits per heavy atom. The van der Waals surface area contributed by atoms with Gasteiger partial charge in [0.05, 0.1) is 12.6 Å². The van der Waals surface area contributed by atoms with Crippen LogP contribution in [-0.2, 0) is 21.3 Å². The van der Waals surface area contributed by atoms with Gasteiger partial charge in [0, 0.05) is 12.8 Å². The van der Waals surface area contributed by atoms with Crippen LogP contribution < -0.4 is 0 Å². The Balaban J connectivity index is 2.11. The van der Waals surface area contributed by atoms with E-state index in [0.717, 1.165) is 19.4 Å². The van der Waals surface area contributed by atoms with Crippen LogP contribution in [0.2, 0.25) is 0 Å². The van der Waals surface area contributed by atoms with E-state index in [-0.39, 0.29) is 28.6 Å². The summed E-state index contributed by atoms with van der Waals surface area (Å²) >= 11 is 0. The zero-order valence-corrected chi connectivity index (χ0v) is 13.9. The SMILES string of the molecule is CPN(PC)S(=O)(=O)c1ccn(CC2CCCO2)n1. The topological polar surface area (TPSA) is 64.4 Å². The maximum Gasteiger partial charge on any atom is 0.268 e. The Labute approximate surface area is 117 Å². The monoisotopic (exact) mass is 323 g/mol. The molecule has 0 amide bonds. The van der Waals surface area contributed by atoms with Gasteiger partial charge < -0.3 is 4.74 Å². The fourth-order valence-corrected chi connectivity index (χ4v) is 6.03. The average Bonchev–Trinajstić information content (AvgIpc) is 3.02. The average molecular weight is 323 g/mol. The molecule has 1 fully saturated rings. The molecule has 3 atom stereocenters. The lowest BCUT2D eigenvalue weighted by Gasteiger charge is -2.16. The number of aromatic nitrogens is 2. The summed E-state index contributed by atoms with van der Waals surface area (Å²) in [6.45, 7) is 5.13. The zero-order valence-electron chi connectivity index (χ0n) is 11.0. The lowest BCUT2D eigenvalue weighted by atomic mass is 10.2. The molecule has 0 aliphatic carbocycles. The fourth-order valence-electron chi connectivity index (χ4n) is 2.02. The molecule has 3 unspecified atom stereocenters. The highest BCUT2D eigenvalue weighted by atomic mass is 32.2. The zero-order chi connectivity index (χ0) is 13.9. The number of sulfonamides is 1. The number of ether oxygens (including phenoxy) is 1. The predicted molar refractivity (Wildman–Crippen MR) is 78.7 cm³/mol. The predicted octanol–water partition coefficient (Wildman–Crippen LogP) is 1.50. The second-order valence-corrected chi connectivity index (χ2v) is 8.85. The van der Waals surface area contributed by atoms with Gasteiger partial charge in [-0.2, -0.15) is 8.94 Å². The molecule has 0 bridgehead atoms. The van der Waals surface area contributed by atoms with E-state index in [4.69, 9.17) is 4.74 Å². The molecule has 108 valence electrons. The van der Waals surface area contributed by atoms with Gasteiger partial charge in [0.1, 0.15) is 0 Å². The van der Waals surface area contributed by atoms with Crippen molar-refractivity contribution in [2.24, 2.45) is 0 Å². The van der Waals surface area contributed by atoms with Crippen LogP contribution in [0.5, 0.6) is 0 Å². The first-order chi connectivity index (χ1) is 9.07. The summed E-state index contributed by atoms with van der Waals surface area (Å²) in [6, 6.07) is 1.57. The number of rotatable bonds is 6. The Morgan fingerprint density at radius 3 is 2.84 bits per heavy atom. The van der Waals surface area contributed by atoms with Gasteiger partial charge in [0.15, 0.2) is 5.03 Å². The molecule has 1 aromatic heterocycles. The smallest absolute Gasteiger partial charge is 0.268 e. The first-order valence-corrected chi connectivity index (χ1v) is 10.5. The van der Waals surface area contributed by atoms with Crippen molar-refractivity contribution in [1.29, 1.82) is 0 Å². The van der Waals surface area contributed by atoms with Crippen molar-refractivity contribution < 1.29 is 13.2 Å². The maximum atomic E-state index is 12.3. The van der Waals surface area contributed by atoms with E-state index >= 15 is 0 Å². The van der Waals surface area contributed by atoms with Crippen LogP contribution >= 0.6 is 17.5 Å². The van der Waals surface area contributed by atoms with Crippen LogP contribution in [0.25, 0.3) is 0 Å². The first kappa shape index (κ1) is 15.3. The van der Waals surface area contributed by atoms with Crippen molar-refractivity contribution in [2.75, 3.05) is 19.9 Å². The molecular weight excluding hydrogens is 304 g/mol. The molecule has 0 radical (unpaired) electrons. The Morgan fingerprint density at radius 1 is 1.53 bits per heavy atom. The minimum atomic E-state index is -3.43. The molecule has 2 heterocycles. The van der Waals surface area contributed by atoms with Crippen LogP contribution in [0.4, 0.5) is 0 Å². The summed E-state index contributed by atoms with van der Waals surface area (Å²) in [6.07, 6.45) is 3.96. The molecule has 1 saturated heterocycles.